The van der Waals surface area contributed by atoms with Crippen molar-refractivity contribution in [3.05, 3.63) is 65.0 Å². The van der Waals surface area contributed by atoms with Crippen LogP contribution in [0, 0.1) is 5.92 Å². The summed E-state index contributed by atoms with van der Waals surface area (Å²) >= 11 is 0. The highest BCUT2D eigenvalue weighted by Crippen LogP contribution is 2.58. The summed E-state index contributed by atoms with van der Waals surface area (Å²) in [6.45, 7) is 0.0886. The molecule has 1 heterocycles. The quantitative estimate of drug-likeness (QED) is 0.645. The Bertz CT molecular complexity index is 812. The Labute approximate surface area is 131 Å². The maximum absolute atomic E-state index is 14.4. The van der Waals surface area contributed by atoms with Gasteiger partial charge >= 0.3 is 5.97 Å². The van der Waals surface area contributed by atoms with Crippen LogP contribution in [0.1, 0.15) is 33.2 Å². The van der Waals surface area contributed by atoms with E-state index in [1.807, 2.05) is 30.3 Å². The van der Waals surface area contributed by atoms with Crippen molar-refractivity contribution in [3.8, 4) is 0 Å². The Balaban J connectivity index is 1.63. The number of hydrogen-bond donors (Lipinski definition) is 0. The molecule has 118 valence electrons. The first-order valence-electron chi connectivity index (χ1n) is 7.34. The predicted molar refractivity (Wildman–Crippen MR) is 78.0 cm³/mol. The minimum atomic E-state index is -2.99. The fraction of sp³-hybridized carbons (Fsp3) is 0.294. The Kier molecular flexibility index (Phi) is 2.91. The number of allylic oxidation sites excluding steroid dienone is 2. The second-order valence-corrected chi connectivity index (χ2v) is 5.86. The van der Waals surface area contributed by atoms with Gasteiger partial charge < -0.3 is 4.74 Å². The number of esters is 1. The van der Waals surface area contributed by atoms with Gasteiger partial charge in [0.05, 0.1) is 5.92 Å². The van der Waals surface area contributed by atoms with Gasteiger partial charge in [0.15, 0.2) is 5.69 Å². The second kappa shape index (κ2) is 4.75. The third-order valence-corrected chi connectivity index (χ3v) is 4.47. The zero-order valence-corrected chi connectivity index (χ0v) is 12.4. The Hall–Kier alpha value is -2.50. The van der Waals surface area contributed by atoms with Crippen molar-refractivity contribution in [2.75, 3.05) is 0 Å². The van der Waals surface area contributed by atoms with E-state index in [4.69, 9.17) is 4.74 Å². The van der Waals surface area contributed by atoms with Gasteiger partial charge in [-0.3, -0.25) is 4.68 Å². The molecule has 2 aliphatic carbocycles. The largest absolute Gasteiger partial charge is 0.456 e. The predicted octanol–water partition coefficient (Wildman–Crippen LogP) is 3.15. The number of fused-ring (bicyclic) bond motifs is 3. The van der Waals surface area contributed by atoms with E-state index in [1.54, 1.807) is 6.08 Å². The van der Waals surface area contributed by atoms with Crippen molar-refractivity contribution in [2.24, 2.45) is 13.0 Å². The molecule has 0 unspecified atom stereocenters. The second-order valence-electron chi connectivity index (χ2n) is 5.86. The number of halogens is 2. The molecule has 0 spiro atoms. The molecule has 0 saturated carbocycles. The molecule has 0 aliphatic heterocycles. The fourth-order valence-electron chi connectivity index (χ4n) is 3.31. The smallest absolute Gasteiger partial charge is 0.359 e. The number of hydrogen-bond acceptors (Lipinski definition) is 3. The van der Waals surface area contributed by atoms with Crippen molar-refractivity contribution in [2.45, 2.75) is 18.4 Å². The lowest BCUT2D eigenvalue weighted by Gasteiger charge is -2.27. The van der Waals surface area contributed by atoms with Gasteiger partial charge in [-0.1, -0.05) is 42.5 Å². The van der Waals surface area contributed by atoms with Crippen LogP contribution < -0.4 is 0 Å². The number of aryl methyl sites for hydroxylation is 1. The number of aromatic nitrogens is 2. The summed E-state index contributed by atoms with van der Waals surface area (Å²) in [6, 6.07) is 9.20. The van der Waals surface area contributed by atoms with Crippen LogP contribution in [0.3, 0.4) is 0 Å². The van der Waals surface area contributed by atoms with Crippen LogP contribution in [-0.2, 0) is 24.3 Å². The van der Waals surface area contributed by atoms with Crippen molar-refractivity contribution >= 4 is 5.97 Å². The van der Waals surface area contributed by atoms with Gasteiger partial charge in [-0.25, -0.2) is 4.79 Å². The Morgan fingerprint density at radius 2 is 2.04 bits per heavy atom. The number of rotatable bonds is 3. The van der Waals surface area contributed by atoms with E-state index in [-0.39, 0.29) is 18.0 Å². The van der Waals surface area contributed by atoms with Gasteiger partial charge in [0, 0.05) is 18.5 Å². The van der Waals surface area contributed by atoms with E-state index < -0.39 is 23.7 Å². The number of alkyl halides is 2. The van der Waals surface area contributed by atoms with Crippen LogP contribution in [0.25, 0.3) is 0 Å². The Morgan fingerprint density at radius 3 is 2.70 bits per heavy atom. The SMILES string of the molecule is Cn1nc(C(=O)OCc2ccccc2)c2c1C(F)(F)[C@@H]1C=C[C@H]21. The molecule has 4 rings (SSSR count). The van der Waals surface area contributed by atoms with Crippen molar-refractivity contribution < 1.29 is 18.3 Å². The molecule has 0 amide bonds. The van der Waals surface area contributed by atoms with Crippen LogP contribution in [0.2, 0.25) is 0 Å². The van der Waals surface area contributed by atoms with Crippen LogP contribution in [0.4, 0.5) is 8.78 Å². The van der Waals surface area contributed by atoms with Crippen LogP contribution in [-0.4, -0.2) is 15.7 Å². The lowest BCUT2D eigenvalue weighted by molar-refractivity contribution is -0.0504. The van der Waals surface area contributed by atoms with Gasteiger partial charge in [0.1, 0.15) is 12.3 Å². The molecule has 0 saturated heterocycles. The molecule has 4 nitrogen and oxygen atoms in total. The van der Waals surface area contributed by atoms with Gasteiger partial charge in [0.2, 0.25) is 0 Å². The lowest BCUT2D eigenvalue weighted by Crippen LogP contribution is -2.28. The van der Waals surface area contributed by atoms with E-state index in [2.05, 4.69) is 5.10 Å². The van der Waals surface area contributed by atoms with Crippen molar-refractivity contribution in [1.29, 1.82) is 0 Å². The maximum atomic E-state index is 14.4. The summed E-state index contributed by atoms with van der Waals surface area (Å²) in [7, 11) is 1.44. The summed E-state index contributed by atoms with van der Waals surface area (Å²) in [4.78, 5) is 12.3. The minimum Gasteiger partial charge on any atom is -0.456 e. The average molecular weight is 316 g/mol. The summed E-state index contributed by atoms with van der Waals surface area (Å²) in [5, 5.41) is 3.99. The van der Waals surface area contributed by atoms with E-state index in [1.165, 1.54) is 13.1 Å². The molecule has 1 aromatic carbocycles. The minimum absolute atomic E-state index is 0.00467. The monoisotopic (exact) mass is 316 g/mol. The molecule has 2 aliphatic rings. The lowest BCUT2D eigenvalue weighted by atomic mass is 9.81. The molecular weight excluding hydrogens is 302 g/mol. The van der Waals surface area contributed by atoms with E-state index in [0.29, 0.717) is 5.56 Å². The van der Waals surface area contributed by atoms with Crippen molar-refractivity contribution in [1.82, 2.24) is 9.78 Å². The summed E-state index contributed by atoms with van der Waals surface area (Å²) < 4.78 is 35.1. The molecule has 0 bridgehead atoms. The summed E-state index contributed by atoms with van der Waals surface area (Å²) in [6.07, 6.45) is 3.18. The van der Waals surface area contributed by atoms with Crippen molar-refractivity contribution in [3.63, 3.8) is 0 Å². The molecule has 1 aromatic heterocycles. The van der Waals surface area contributed by atoms with Gasteiger partial charge in [-0.05, 0) is 5.56 Å². The highest BCUT2D eigenvalue weighted by Gasteiger charge is 2.59. The molecule has 0 radical (unpaired) electrons. The third-order valence-electron chi connectivity index (χ3n) is 4.47. The number of ether oxygens (including phenoxy) is 1. The zero-order chi connectivity index (χ0) is 16.2. The molecule has 2 atom stereocenters. The molecule has 23 heavy (non-hydrogen) atoms. The van der Waals surface area contributed by atoms with E-state index in [9.17, 15) is 13.6 Å². The van der Waals surface area contributed by atoms with Crippen LogP contribution in [0.5, 0.6) is 0 Å². The number of carbonyl (C=O) groups excluding carboxylic acids is 1. The molecule has 0 fully saturated rings. The number of nitrogens with zero attached hydrogens (tertiary/aromatic N) is 2. The highest BCUT2D eigenvalue weighted by molar-refractivity contribution is 5.90. The number of benzene rings is 1. The van der Waals surface area contributed by atoms with Gasteiger partial charge in [0.25, 0.3) is 5.92 Å². The normalized spacial score (nSPS) is 23.1. The average Bonchev–Trinajstić information content (AvgIpc) is 2.89. The first-order valence-corrected chi connectivity index (χ1v) is 7.34. The standard InChI is InChI=1S/C17H14F2N2O2/c1-21-15-13(11-7-8-12(11)17(15,18)19)14(20-21)16(22)23-9-10-5-3-2-4-6-10/h2-8,11-12H,9H2,1H3/t11-,12+/m0/s1. The molecular formula is C17H14F2N2O2. The van der Waals surface area contributed by atoms with Crippen LogP contribution in [0.15, 0.2) is 42.5 Å². The van der Waals surface area contributed by atoms with E-state index >= 15 is 0 Å². The van der Waals surface area contributed by atoms with Gasteiger partial charge in [-0.15, -0.1) is 0 Å². The van der Waals surface area contributed by atoms with Crippen LogP contribution >= 0.6 is 0 Å². The van der Waals surface area contributed by atoms with Gasteiger partial charge in [-0.2, -0.15) is 13.9 Å². The first kappa shape index (κ1) is 14.1. The molecule has 0 N–H and O–H groups in total. The molecule has 6 heteroatoms. The Morgan fingerprint density at radius 1 is 1.30 bits per heavy atom. The highest BCUT2D eigenvalue weighted by atomic mass is 19.3. The summed E-state index contributed by atoms with van der Waals surface area (Å²) in [5.74, 6) is -4.98. The summed E-state index contributed by atoms with van der Waals surface area (Å²) in [5.41, 5.74) is 0.961. The maximum Gasteiger partial charge on any atom is 0.359 e. The third kappa shape index (κ3) is 1.94. The first-order chi connectivity index (χ1) is 11.0. The molecule has 2 aromatic rings. The van der Waals surface area contributed by atoms with E-state index in [0.717, 1.165) is 10.2 Å². The fourth-order valence-corrected chi connectivity index (χ4v) is 3.31. The number of carbonyl (C=O) groups is 1. The zero-order valence-electron chi connectivity index (χ0n) is 12.4. The topological polar surface area (TPSA) is 44.1 Å².